The molecule has 37 heteroatoms. The second-order valence-corrected chi connectivity index (χ2v) is 9.41. The molecule has 0 atom stereocenters. The first-order valence-corrected chi connectivity index (χ1v) is 10.1. The summed E-state index contributed by atoms with van der Waals surface area (Å²) in [5.41, 5.74) is -20.8. The van der Waals surface area contributed by atoms with Gasteiger partial charge in [-0.2, -0.15) is 124 Å². The van der Waals surface area contributed by atoms with Crippen molar-refractivity contribution in [3.8, 4) is 6.07 Å². The van der Waals surface area contributed by atoms with Crippen molar-refractivity contribution < 1.29 is 157 Å². The van der Waals surface area contributed by atoms with Crippen LogP contribution in [0.1, 0.15) is 0 Å². The fourth-order valence-electron chi connectivity index (χ4n) is 1.45. The molecular weight excluding hydrogens is 902 g/mol. The molecule has 0 rings (SSSR count). The van der Waals surface area contributed by atoms with Crippen molar-refractivity contribution in [2.24, 2.45) is 0 Å². The Morgan fingerprint density at radius 3 is 0.392 bits per heavy atom. The molecule has 0 aliphatic rings. The standard InChI is InChI=1S/3C4F9O.C2Cl3N.Al.FH.Li/c3*5-2(6,7)1(14,3(8,9)10)4(11,12)13;3-2(4,5)1-6;;;/h;;;;;1H;/q3*-1;;+3;;+1/p-1. The van der Waals surface area contributed by atoms with E-state index in [1.165, 1.54) is 6.07 Å². The third kappa shape index (κ3) is 16.0. The van der Waals surface area contributed by atoms with Gasteiger partial charge in [0.25, 0.3) is 3.79 Å². The molecular formula is C14AlCl3F28LiNO3. The number of nitrogens with zero attached hydrogens (tertiary/aromatic N) is 1. The van der Waals surface area contributed by atoms with Gasteiger partial charge in [-0.3, -0.25) is 0 Å². The minimum atomic E-state index is -6.98. The minimum Gasteiger partial charge on any atom is -1.00 e. The molecule has 0 spiro atoms. The van der Waals surface area contributed by atoms with Crippen LogP contribution < -0.4 is 38.9 Å². The van der Waals surface area contributed by atoms with Gasteiger partial charge in [-0.15, -0.1) is 0 Å². The van der Waals surface area contributed by atoms with Crippen LogP contribution in [0.25, 0.3) is 0 Å². The largest absolute Gasteiger partial charge is 3.00 e. The second-order valence-electron chi connectivity index (χ2n) is 7.13. The molecule has 0 aromatic carbocycles. The van der Waals surface area contributed by atoms with Gasteiger partial charge >= 0.3 is 91.8 Å². The maximum atomic E-state index is 11.3. The van der Waals surface area contributed by atoms with E-state index in [-0.39, 0.29) is 40.9 Å². The summed E-state index contributed by atoms with van der Waals surface area (Å²) in [4.78, 5) is 0. The van der Waals surface area contributed by atoms with E-state index < -0.39 is 76.2 Å². The molecule has 0 aliphatic heterocycles. The summed E-state index contributed by atoms with van der Waals surface area (Å²) in [6.45, 7) is 0. The van der Waals surface area contributed by atoms with Crippen LogP contribution in [0.15, 0.2) is 0 Å². The van der Waals surface area contributed by atoms with Crippen molar-refractivity contribution in [3.05, 3.63) is 0 Å². The van der Waals surface area contributed by atoms with Crippen LogP contribution in [0.2, 0.25) is 0 Å². The van der Waals surface area contributed by atoms with E-state index in [0.717, 1.165) is 0 Å². The molecule has 0 unspecified atom stereocenters. The number of hydrogen-bond acceptors (Lipinski definition) is 4. The molecule has 51 heavy (non-hydrogen) atoms. The summed E-state index contributed by atoms with van der Waals surface area (Å²) in [5.74, 6) is 0. The zero-order chi connectivity index (χ0) is 41.2. The Hall–Kier alpha value is -0.590. The van der Waals surface area contributed by atoms with Gasteiger partial charge in [-0.05, 0) is 0 Å². The summed E-state index contributed by atoms with van der Waals surface area (Å²) in [6.07, 6.45) is -62.8. The average molecular weight is 902 g/mol. The van der Waals surface area contributed by atoms with Gasteiger partial charge in [0.15, 0.2) is 16.8 Å². The monoisotopic (exact) mass is 901 g/mol. The summed E-state index contributed by atoms with van der Waals surface area (Å²) < 4.78 is 305. The van der Waals surface area contributed by atoms with Gasteiger partial charge in [-0.1, -0.05) is 34.8 Å². The molecule has 0 aliphatic carbocycles. The summed E-state index contributed by atoms with van der Waals surface area (Å²) in [5, 5.41) is 37.1. The molecule has 300 valence electrons. The van der Waals surface area contributed by atoms with Crippen molar-refractivity contribution >= 4 is 52.2 Å². The number of hydrogen-bond donors (Lipinski definition) is 0. The number of halogens is 31. The Kier molecular flexibility index (Phi) is 24.1. The van der Waals surface area contributed by atoms with Crippen LogP contribution in [0.4, 0.5) is 119 Å². The van der Waals surface area contributed by atoms with Gasteiger partial charge < -0.3 is 20.0 Å². The van der Waals surface area contributed by atoms with Crippen molar-refractivity contribution in [1.82, 2.24) is 0 Å². The van der Waals surface area contributed by atoms with Crippen molar-refractivity contribution in [3.63, 3.8) is 0 Å². The van der Waals surface area contributed by atoms with Crippen molar-refractivity contribution in [1.29, 1.82) is 5.26 Å². The summed E-state index contributed by atoms with van der Waals surface area (Å²) in [6, 6.07) is 1.40. The first-order chi connectivity index (χ1) is 19.8. The Morgan fingerprint density at radius 2 is 0.392 bits per heavy atom. The first kappa shape index (κ1) is 65.3. The third-order valence-corrected chi connectivity index (χ3v) is 3.97. The maximum Gasteiger partial charge on any atom is 3.00 e. The SMILES string of the molecule is N#CC(Cl)(Cl)Cl.[Al+3].[F-].[Li+].[O-]C(C(F)(F)F)(C(F)(F)F)C(F)(F)F.[O-]C(C(F)(F)F)(C(F)(F)F)C(F)(F)F.[O-]C(C(F)(F)F)(C(F)(F)F)C(F)(F)F. The fourth-order valence-corrected chi connectivity index (χ4v) is 1.45. The van der Waals surface area contributed by atoms with E-state index in [2.05, 4.69) is 0 Å². The third-order valence-electron chi connectivity index (χ3n) is 3.72. The predicted molar refractivity (Wildman–Crippen MR) is 94.3 cm³/mol. The van der Waals surface area contributed by atoms with Gasteiger partial charge in [0, 0.05) is 0 Å². The van der Waals surface area contributed by atoms with Gasteiger partial charge in [0.05, 0.1) is 0 Å². The van der Waals surface area contributed by atoms with E-state index in [9.17, 15) is 134 Å². The smallest absolute Gasteiger partial charge is 1.00 e. The molecule has 4 nitrogen and oxygen atoms in total. The number of alkyl halides is 30. The molecule has 0 N–H and O–H groups in total. The van der Waals surface area contributed by atoms with Crippen LogP contribution >= 0.6 is 34.8 Å². The Morgan fingerprint density at radius 1 is 0.333 bits per heavy atom. The second kappa shape index (κ2) is 18.8. The number of nitriles is 1. The van der Waals surface area contributed by atoms with Crippen LogP contribution in [-0.4, -0.2) is 93.5 Å². The average Bonchev–Trinajstić information content (AvgIpc) is 2.71. The van der Waals surface area contributed by atoms with Gasteiger partial charge in [0.1, 0.15) is 6.07 Å². The minimum absolute atomic E-state index is 0. The van der Waals surface area contributed by atoms with E-state index in [4.69, 9.17) is 40.1 Å². The van der Waals surface area contributed by atoms with E-state index in [0.29, 0.717) is 0 Å². The van der Waals surface area contributed by atoms with Crippen molar-refractivity contribution in [2.75, 3.05) is 0 Å². The van der Waals surface area contributed by atoms with E-state index >= 15 is 0 Å². The van der Waals surface area contributed by atoms with E-state index in [1.807, 2.05) is 0 Å². The molecule has 0 bridgehead atoms. The molecule has 0 amide bonds. The maximum absolute atomic E-state index is 11.3. The summed E-state index contributed by atoms with van der Waals surface area (Å²) >= 11 is 14.7. The Balaban J connectivity index is -0.000000103. The normalized spacial score (nSPS) is 14.3. The molecule has 0 saturated carbocycles. The quantitative estimate of drug-likeness (QED) is 0.205. The molecule has 0 fully saturated rings. The van der Waals surface area contributed by atoms with Crippen LogP contribution in [0.3, 0.4) is 0 Å². The van der Waals surface area contributed by atoms with Crippen LogP contribution in [-0.2, 0) is 0 Å². The van der Waals surface area contributed by atoms with Crippen LogP contribution in [0, 0.1) is 11.3 Å². The number of rotatable bonds is 0. The van der Waals surface area contributed by atoms with Crippen LogP contribution in [0.5, 0.6) is 0 Å². The molecule has 0 radical (unpaired) electrons. The Labute approximate surface area is 297 Å². The predicted octanol–water partition coefficient (Wildman–Crippen LogP) is 0.825. The van der Waals surface area contributed by atoms with E-state index in [1.54, 1.807) is 0 Å². The van der Waals surface area contributed by atoms with Gasteiger partial charge in [-0.25, -0.2) is 0 Å². The topological polar surface area (TPSA) is 93.0 Å². The van der Waals surface area contributed by atoms with Gasteiger partial charge in [0.2, 0.25) is 0 Å². The zero-order valence-electron chi connectivity index (χ0n) is 22.0. The summed E-state index contributed by atoms with van der Waals surface area (Å²) in [7, 11) is 0. The molecule has 0 aromatic heterocycles. The van der Waals surface area contributed by atoms with Crippen molar-refractivity contribution in [2.45, 2.75) is 76.2 Å². The first-order valence-electron chi connectivity index (χ1n) is 9.01. The molecule has 0 saturated heterocycles. The molecule has 0 heterocycles. The fraction of sp³-hybridized carbons (Fsp3) is 0.929. The Bertz CT molecular complexity index is 833. The molecule has 0 aromatic rings. The zero-order valence-corrected chi connectivity index (χ0v) is 25.4.